The lowest BCUT2D eigenvalue weighted by molar-refractivity contribution is -0.386. The van der Waals surface area contributed by atoms with Crippen molar-refractivity contribution in [2.45, 2.75) is 25.4 Å². The van der Waals surface area contributed by atoms with E-state index in [4.69, 9.17) is 9.84 Å². The number of benzene rings is 1. The number of nitrogens with zero attached hydrogens (tertiary/aromatic N) is 1. The van der Waals surface area contributed by atoms with Gasteiger partial charge in [-0.05, 0) is 25.3 Å². The van der Waals surface area contributed by atoms with Crippen molar-refractivity contribution in [3.05, 3.63) is 33.9 Å². The van der Waals surface area contributed by atoms with Crippen molar-refractivity contribution in [2.75, 3.05) is 6.54 Å². The molecule has 1 unspecified atom stereocenters. The second-order valence-corrected chi connectivity index (χ2v) is 4.64. The summed E-state index contributed by atoms with van der Waals surface area (Å²) >= 11 is 0. The fourth-order valence-electron chi connectivity index (χ4n) is 2.07. The molecule has 1 aromatic carbocycles. The Morgan fingerprint density at radius 3 is 2.86 bits per heavy atom. The van der Waals surface area contributed by atoms with E-state index in [9.17, 15) is 19.7 Å². The van der Waals surface area contributed by atoms with Gasteiger partial charge in [-0.3, -0.25) is 14.9 Å². The Hall–Kier alpha value is -2.64. The van der Waals surface area contributed by atoms with Crippen LogP contribution in [0, 0.1) is 10.1 Å². The highest BCUT2D eigenvalue weighted by molar-refractivity contribution is 5.89. The molecule has 8 nitrogen and oxygen atoms in total. The van der Waals surface area contributed by atoms with Gasteiger partial charge < -0.3 is 15.2 Å². The van der Waals surface area contributed by atoms with Crippen molar-refractivity contribution in [3.63, 3.8) is 0 Å². The quantitative estimate of drug-likeness (QED) is 0.639. The van der Waals surface area contributed by atoms with E-state index in [1.54, 1.807) is 0 Å². The number of aromatic carboxylic acids is 1. The minimum Gasteiger partial charge on any atom is -0.478 e. The minimum absolute atomic E-state index is 0.135. The number of rotatable bonds is 4. The van der Waals surface area contributed by atoms with Gasteiger partial charge in [0.2, 0.25) is 0 Å². The maximum absolute atomic E-state index is 11.8. The molecule has 1 aliphatic heterocycles. The molecule has 2 rings (SSSR count). The first-order valence-electron chi connectivity index (χ1n) is 6.45. The number of nitro benzene ring substituents is 1. The molecule has 1 fully saturated rings. The lowest BCUT2D eigenvalue weighted by Gasteiger charge is -2.16. The highest BCUT2D eigenvalue weighted by Crippen LogP contribution is 2.30. The number of hydrogen-bond donors (Lipinski definition) is 2. The molecule has 1 aliphatic rings. The van der Waals surface area contributed by atoms with E-state index in [2.05, 4.69) is 5.32 Å². The van der Waals surface area contributed by atoms with Gasteiger partial charge in [0.05, 0.1) is 10.5 Å². The number of nitro groups is 1. The van der Waals surface area contributed by atoms with Gasteiger partial charge in [-0.25, -0.2) is 4.79 Å². The Balaban J connectivity index is 2.31. The third kappa shape index (κ3) is 3.47. The molecule has 1 aromatic rings. The Morgan fingerprint density at radius 2 is 2.19 bits per heavy atom. The average molecular weight is 294 g/mol. The summed E-state index contributed by atoms with van der Waals surface area (Å²) in [4.78, 5) is 33.0. The van der Waals surface area contributed by atoms with Crippen LogP contribution in [0.1, 0.15) is 29.6 Å². The van der Waals surface area contributed by atoms with Crippen LogP contribution in [-0.2, 0) is 4.79 Å². The standard InChI is InChI=1S/C13H14N2O6/c16-12-10(3-1-2-6-14-12)21-11-7-8(13(17)18)4-5-9(11)15(19)20/h4-5,7,10H,1-3,6H2,(H,14,16)(H,17,18). The predicted molar refractivity (Wildman–Crippen MR) is 71.3 cm³/mol. The highest BCUT2D eigenvalue weighted by Gasteiger charge is 2.26. The predicted octanol–water partition coefficient (Wildman–Crippen LogP) is 1.34. The van der Waals surface area contributed by atoms with Crippen LogP contribution >= 0.6 is 0 Å². The summed E-state index contributed by atoms with van der Waals surface area (Å²) in [6.07, 6.45) is 1.13. The summed E-state index contributed by atoms with van der Waals surface area (Å²) in [7, 11) is 0. The number of carbonyl (C=O) groups is 2. The number of hydrogen-bond acceptors (Lipinski definition) is 5. The number of nitrogens with one attached hydrogen (secondary N) is 1. The molecule has 2 N–H and O–H groups in total. The molecule has 21 heavy (non-hydrogen) atoms. The van der Waals surface area contributed by atoms with Crippen LogP contribution in [0.25, 0.3) is 0 Å². The smallest absolute Gasteiger partial charge is 0.335 e. The molecule has 0 bridgehead atoms. The fraction of sp³-hybridized carbons (Fsp3) is 0.385. The Morgan fingerprint density at radius 1 is 1.43 bits per heavy atom. The van der Waals surface area contributed by atoms with Crippen LogP contribution in [0.3, 0.4) is 0 Å². The molecular weight excluding hydrogens is 280 g/mol. The summed E-state index contributed by atoms with van der Waals surface area (Å²) in [5.74, 6) is -1.77. The van der Waals surface area contributed by atoms with Gasteiger partial charge >= 0.3 is 11.7 Å². The summed E-state index contributed by atoms with van der Waals surface area (Å²) in [5.41, 5.74) is -0.498. The number of amides is 1. The molecule has 1 amide bonds. The van der Waals surface area contributed by atoms with E-state index >= 15 is 0 Å². The highest BCUT2D eigenvalue weighted by atomic mass is 16.6. The van der Waals surface area contributed by atoms with E-state index < -0.39 is 17.0 Å². The van der Waals surface area contributed by atoms with Gasteiger partial charge in [-0.15, -0.1) is 0 Å². The van der Waals surface area contributed by atoms with Gasteiger partial charge in [-0.2, -0.15) is 0 Å². The first kappa shape index (κ1) is 14.8. The van der Waals surface area contributed by atoms with E-state index in [0.717, 1.165) is 31.0 Å². The molecule has 0 radical (unpaired) electrons. The monoisotopic (exact) mass is 294 g/mol. The Labute approximate surface area is 119 Å². The van der Waals surface area contributed by atoms with Crippen LogP contribution in [0.2, 0.25) is 0 Å². The van der Waals surface area contributed by atoms with Crippen molar-refractivity contribution in [3.8, 4) is 5.75 Å². The maximum atomic E-state index is 11.8. The third-order valence-electron chi connectivity index (χ3n) is 3.16. The normalized spacial score (nSPS) is 18.5. The summed E-state index contributed by atoms with van der Waals surface area (Å²) in [6.45, 7) is 0.538. The molecule has 0 spiro atoms. The lowest BCUT2D eigenvalue weighted by atomic mass is 10.1. The minimum atomic E-state index is -1.22. The second kappa shape index (κ2) is 6.21. The zero-order valence-corrected chi connectivity index (χ0v) is 11.1. The molecule has 1 atom stereocenters. The van der Waals surface area contributed by atoms with E-state index in [1.165, 1.54) is 0 Å². The van der Waals surface area contributed by atoms with Crippen LogP contribution < -0.4 is 10.1 Å². The topological polar surface area (TPSA) is 119 Å². The zero-order chi connectivity index (χ0) is 15.4. The summed E-state index contributed by atoms with van der Waals surface area (Å²) < 4.78 is 5.41. The molecule has 0 aromatic heterocycles. The van der Waals surface area contributed by atoms with Gasteiger partial charge in [0.25, 0.3) is 5.91 Å². The fourth-order valence-corrected chi connectivity index (χ4v) is 2.07. The Kier molecular flexibility index (Phi) is 4.36. The molecule has 0 saturated carbocycles. The largest absolute Gasteiger partial charge is 0.478 e. The Bertz CT molecular complexity index is 586. The van der Waals surface area contributed by atoms with Gasteiger partial charge in [0.15, 0.2) is 11.9 Å². The van der Waals surface area contributed by atoms with E-state index in [1.807, 2.05) is 0 Å². The van der Waals surface area contributed by atoms with Crippen molar-refractivity contribution in [1.29, 1.82) is 0 Å². The SMILES string of the molecule is O=C(O)c1ccc([N+](=O)[O-])c(OC2CCCCNC2=O)c1. The maximum Gasteiger partial charge on any atom is 0.335 e. The first-order chi connectivity index (χ1) is 9.99. The van der Waals surface area contributed by atoms with Gasteiger partial charge in [0, 0.05) is 18.7 Å². The van der Waals surface area contributed by atoms with E-state index in [0.29, 0.717) is 13.0 Å². The molecule has 0 aliphatic carbocycles. The van der Waals surface area contributed by atoms with Gasteiger partial charge in [0.1, 0.15) is 0 Å². The zero-order valence-electron chi connectivity index (χ0n) is 11.1. The molecular formula is C13H14N2O6. The number of carbonyl (C=O) groups excluding carboxylic acids is 1. The molecule has 8 heteroatoms. The first-order valence-corrected chi connectivity index (χ1v) is 6.45. The number of carboxylic acid groups (broad SMARTS) is 1. The molecule has 112 valence electrons. The van der Waals surface area contributed by atoms with Crippen molar-refractivity contribution in [1.82, 2.24) is 5.32 Å². The van der Waals surface area contributed by atoms with Crippen molar-refractivity contribution >= 4 is 17.6 Å². The molecule has 1 saturated heterocycles. The van der Waals surface area contributed by atoms with Crippen LogP contribution in [0.5, 0.6) is 5.75 Å². The number of carboxylic acids is 1. The third-order valence-corrected chi connectivity index (χ3v) is 3.16. The van der Waals surface area contributed by atoms with Crippen LogP contribution in [0.15, 0.2) is 18.2 Å². The van der Waals surface area contributed by atoms with Crippen molar-refractivity contribution in [2.24, 2.45) is 0 Å². The molecule has 1 heterocycles. The van der Waals surface area contributed by atoms with E-state index in [-0.39, 0.29) is 22.9 Å². The second-order valence-electron chi connectivity index (χ2n) is 4.64. The van der Waals surface area contributed by atoms with Gasteiger partial charge in [-0.1, -0.05) is 0 Å². The van der Waals surface area contributed by atoms with Crippen molar-refractivity contribution < 1.29 is 24.4 Å². The summed E-state index contributed by atoms with van der Waals surface area (Å²) in [5, 5.41) is 22.6. The average Bonchev–Trinajstić information content (AvgIpc) is 2.64. The van der Waals surface area contributed by atoms with Crippen LogP contribution in [-0.4, -0.2) is 34.6 Å². The lowest BCUT2D eigenvalue weighted by Crippen LogP contribution is -2.36. The number of ether oxygens (including phenoxy) is 1. The summed E-state index contributed by atoms with van der Waals surface area (Å²) in [6, 6.07) is 3.26. The van der Waals surface area contributed by atoms with Crippen LogP contribution in [0.4, 0.5) is 5.69 Å².